The molecule has 2 N–H and O–H groups in total. The van der Waals surface area contributed by atoms with Crippen LogP contribution in [0.4, 0.5) is 0 Å². The fourth-order valence-corrected chi connectivity index (χ4v) is 5.04. The number of carbonyl (C=O) groups is 2. The third kappa shape index (κ3) is 6.47. The monoisotopic (exact) mass is 584 g/mol. The van der Waals surface area contributed by atoms with Gasteiger partial charge >= 0.3 is 11.9 Å². The molecule has 0 aliphatic carbocycles. The van der Waals surface area contributed by atoms with Crippen molar-refractivity contribution in [2.24, 2.45) is 0 Å². The van der Waals surface area contributed by atoms with Crippen LogP contribution in [0.3, 0.4) is 0 Å². The molecule has 0 spiro atoms. The zero-order valence-corrected chi connectivity index (χ0v) is 23.6. The van der Waals surface area contributed by atoms with E-state index in [1.54, 1.807) is 66.7 Å². The van der Waals surface area contributed by atoms with Gasteiger partial charge in [-0.1, -0.05) is 72.8 Å². The maximum atomic E-state index is 11.2. The molecule has 0 saturated carbocycles. The van der Waals surface area contributed by atoms with Gasteiger partial charge in [-0.25, -0.2) is 9.59 Å². The van der Waals surface area contributed by atoms with Crippen LogP contribution in [0.25, 0.3) is 21.5 Å². The maximum absolute atomic E-state index is 11.2. The first-order valence-electron chi connectivity index (χ1n) is 14.0. The number of benzene rings is 6. The Hall–Kier alpha value is -5.82. The van der Waals surface area contributed by atoms with Crippen LogP contribution in [0, 0.1) is 0 Å². The Bertz CT molecular complexity index is 1830. The summed E-state index contributed by atoms with van der Waals surface area (Å²) in [4.78, 5) is 22.4. The molecule has 7 heteroatoms. The minimum Gasteiger partial charge on any atom is -0.489 e. The molecule has 0 saturated heterocycles. The number of fused-ring (bicyclic) bond motifs is 2. The number of carboxylic acid groups (broad SMARTS) is 2. The van der Waals surface area contributed by atoms with E-state index < -0.39 is 11.9 Å². The summed E-state index contributed by atoms with van der Waals surface area (Å²) < 4.78 is 18.6. The zero-order chi connectivity index (χ0) is 30.5. The second-order valence-corrected chi connectivity index (χ2v) is 10.3. The van der Waals surface area contributed by atoms with Gasteiger partial charge in [-0.15, -0.1) is 0 Å². The number of hydrogen-bond donors (Lipinski definition) is 2. The summed E-state index contributed by atoms with van der Waals surface area (Å²) in [6.07, 6.45) is 0. The fourth-order valence-electron chi connectivity index (χ4n) is 5.04. The minimum absolute atomic E-state index is 0.206. The third-order valence-corrected chi connectivity index (χ3v) is 7.33. The van der Waals surface area contributed by atoms with E-state index in [-0.39, 0.29) is 24.3 Å². The lowest BCUT2D eigenvalue weighted by molar-refractivity contribution is 0.0686. The van der Waals surface area contributed by atoms with Crippen molar-refractivity contribution >= 4 is 33.5 Å². The average Bonchev–Trinajstić information content (AvgIpc) is 3.05. The Morgan fingerprint density at radius 2 is 0.864 bits per heavy atom. The first-order chi connectivity index (χ1) is 21.4. The van der Waals surface area contributed by atoms with Crippen LogP contribution in [0.5, 0.6) is 17.2 Å². The van der Waals surface area contributed by atoms with Gasteiger partial charge in [-0.05, 0) is 63.0 Å². The summed E-state index contributed by atoms with van der Waals surface area (Å²) in [6, 6.07) is 37.0. The third-order valence-electron chi connectivity index (χ3n) is 7.33. The van der Waals surface area contributed by atoms with Crippen molar-refractivity contribution in [1.29, 1.82) is 0 Å². The average molecular weight is 585 g/mol. The molecule has 0 aliphatic heterocycles. The molecular weight excluding hydrogens is 556 g/mol. The molecule has 0 bridgehead atoms. The van der Waals surface area contributed by atoms with Crippen molar-refractivity contribution < 1.29 is 34.0 Å². The second kappa shape index (κ2) is 12.6. The highest BCUT2D eigenvalue weighted by Gasteiger charge is 2.11. The Labute approximate surface area is 253 Å². The molecule has 0 aliphatic rings. The molecular formula is C37H28O7. The van der Waals surface area contributed by atoms with Crippen LogP contribution in [0.15, 0.2) is 121 Å². The molecule has 6 aromatic carbocycles. The molecule has 0 radical (unpaired) electrons. The molecule has 0 aromatic heterocycles. The van der Waals surface area contributed by atoms with E-state index in [0.717, 1.165) is 38.2 Å². The van der Waals surface area contributed by atoms with Gasteiger partial charge in [0, 0.05) is 23.8 Å². The lowest BCUT2D eigenvalue weighted by Gasteiger charge is -2.16. The number of hydrogen-bond acceptors (Lipinski definition) is 5. The summed E-state index contributed by atoms with van der Waals surface area (Å²) in [5.74, 6) is -0.383. The largest absolute Gasteiger partial charge is 0.489 e. The summed E-state index contributed by atoms with van der Waals surface area (Å²) in [6.45, 7) is 0.749. The smallest absolute Gasteiger partial charge is 0.335 e. The van der Waals surface area contributed by atoms with Crippen molar-refractivity contribution in [2.45, 2.75) is 19.8 Å². The molecule has 6 rings (SSSR count). The standard InChI is InChI=1S/C37H28O7/c38-36(39)26-13-9-24(10-14-26)21-42-30-18-31(43-22-25-11-15-27(16-12-25)37(40)41)20-32(19-30)44-23-35-33-7-3-1-5-28(33)17-29-6-2-4-8-34(29)35/h1-20H,21-23H2,(H,38,39)(H,40,41). The number of aromatic carboxylic acids is 2. The zero-order valence-electron chi connectivity index (χ0n) is 23.6. The first-order valence-corrected chi connectivity index (χ1v) is 14.0. The molecule has 6 aromatic rings. The highest BCUT2D eigenvalue weighted by atomic mass is 16.5. The van der Waals surface area contributed by atoms with Gasteiger partial charge in [0.25, 0.3) is 0 Å². The van der Waals surface area contributed by atoms with E-state index in [9.17, 15) is 19.8 Å². The minimum atomic E-state index is -0.985. The first kappa shape index (κ1) is 28.3. The van der Waals surface area contributed by atoms with Crippen LogP contribution >= 0.6 is 0 Å². The van der Waals surface area contributed by atoms with Crippen molar-refractivity contribution in [2.75, 3.05) is 0 Å². The van der Waals surface area contributed by atoms with Gasteiger partial charge in [0.05, 0.1) is 11.1 Å². The van der Waals surface area contributed by atoms with E-state index in [0.29, 0.717) is 23.9 Å². The van der Waals surface area contributed by atoms with Crippen LogP contribution in [0.1, 0.15) is 37.4 Å². The summed E-state index contributed by atoms with van der Waals surface area (Å²) in [7, 11) is 0. The molecule has 0 atom stereocenters. The molecule has 0 fully saturated rings. The highest BCUT2D eigenvalue weighted by Crippen LogP contribution is 2.33. The van der Waals surface area contributed by atoms with Crippen LogP contribution in [0.2, 0.25) is 0 Å². The Balaban J connectivity index is 1.26. The number of ether oxygens (including phenoxy) is 3. The lowest BCUT2D eigenvalue weighted by atomic mass is 9.97. The molecule has 218 valence electrons. The maximum Gasteiger partial charge on any atom is 0.335 e. The normalized spacial score (nSPS) is 10.9. The summed E-state index contributed by atoms with van der Waals surface area (Å²) >= 11 is 0. The highest BCUT2D eigenvalue weighted by molar-refractivity contribution is 6.02. The summed E-state index contributed by atoms with van der Waals surface area (Å²) in [5.41, 5.74) is 3.10. The van der Waals surface area contributed by atoms with Gasteiger partial charge in [0.15, 0.2) is 0 Å². The van der Waals surface area contributed by atoms with Crippen molar-refractivity contribution in [3.05, 3.63) is 149 Å². The second-order valence-electron chi connectivity index (χ2n) is 10.3. The fraction of sp³-hybridized carbons (Fsp3) is 0.0811. The van der Waals surface area contributed by atoms with E-state index in [1.807, 2.05) is 24.3 Å². The van der Waals surface area contributed by atoms with Gasteiger partial charge in [-0.3, -0.25) is 0 Å². The van der Waals surface area contributed by atoms with E-state index >= 15 is 0 Å². The van der Waals surface area contributed by atoms with Gasteiger partial charge < -0.3 is 24.4 Å². The van der Waals surface area contributed by atoms with Crippen molar-refractivity contribution in [3.8, 4) is 17.2 Å². The lowest BCUT2D eigenvalue weighted by Crippen LogP contribution is -2.02. The SMILES string of the molecule is O=C(O)c1ccc(COc2cc(OCc3ccc(C(=O)O)cc3)cc(OCc3c4ccccc4cc4ccccc34)c2)cc1. The molecule has 0 amide bonds. The van der Waals surface area contributed by atoms with Crippen molar-refractivity contribution in [1.82, 2.24) is 0 Å². The Morgan fingerprint density at radius 3 is 1.27 bits per heavy atom. The molecule has 0 heterocycles. The quantitative estimate of drug-likeness (QED) is 0.148. The van der Waals surface area contributed by atoms with Gasteiger partial charge in [0.1, 0.15) is 37.1 Å². The molecule has 0 unspecified atom stereocenters. The van der Waals surface area contributed by atoms with E-state index in [2.05, 4.69) is 30.3 Å². The van der Waals surface area contributed by atoms with E-state index in [1.165, 1.54) is 0 Å². The van der Waals surface area contributed by atoms with Crippen LogP contribution in [-0.2, 0) is 19.8 Å². The van der Waals surface area contributed by atoms with Crippen molar-refractivity contribution in [3.63, 3.8) is 0 Å². The molecule has 44 heavy (non-hydrogen) atoms. The topological polar surface area (TPSA) is 102 Å². The van der Waals surface area contributed by atoms with Gasteiger partial charge in [0.2, 0.25) is 0 Å². The predicted molar refractivity (Wildman–Crippen MR) is 168 cm³/mol. The Morgan fingerprint density at radius 1 is 0.477 bits per heavy atom. The number of carboxylic acids is 2. The van der Waals surface area contributed by atoms with E-state index in [4.69, 9.17) is 14.2 Å². The molecule has 7 nitrogen and oxygen atoms in total. The summed E-state index contributed by atoms with van der Waals surface area (Å²) in [5, 5.41) is 22.9. The van der Waals surface area contributed by atoms with Crippen LogP contribution < -0.4 is 14.2 Å². The predicted octanol–water partition coefficient (Wildman–Crippen LogP) is 8.13. The van der Waals surface area contributed by atoms with Crippen LogP contribution in [-0.4, -0.2) is 22.2 Å². The van der Waals surface area contributed by atoms with Gasteiger partial charge in [-0.2, -0.15) is 0 Å². The number of rotatable bonds is 11. The Kier molecular flexibility index (Phi) is 8.10.